The van der Waals surface area contributed by atoms with Gasteiger partial charge < -0.3 is 48.8 Å². The maximum atomic E-state index is 10.8. The van der Waals surface area contributed by atoms with Crippen molar-refractivity contribution < 1.29 is 48.8 Å². The summed E-state index contributed by atoms with van der Waals surface area (Å²) < 4.78 is 33.5. The summed E-state index contributed by atoms with van der Waals surface area (Å²) in [7, 11) is 6.26. The van der Waals surface area contributed by atoms with Gasteiger partial charge in [-0.25, -0.2) is 0 Å². The molecule has 10 heteroatoms. The maximum absolute atomic E-state index is 10.8. The van der Waals surface area contributed by atoms with E-state index in [-0.39, 0.29) is 42.6 Å². The van der Waals surface area contributed by atoms with Crippen LogP contribution in [0.5, 0.6) is 46.0 Å². The standard InChI is InChI=1S/C35H40O10/c1-21-10-29(37)15-23(33(21)41-3)12-25-17-31(39)19-27(35(25)43-5)13-26-18-30(38)16-24(34(26)42-4)11-22-14-28(36)6-7-32(22)45-20-44-9-8-40-2/h6-7,10,14-19,36-39H,8-9,11-13,20H2,1-5H3. The number of rotatable bonds is 15. The molecule has 0 saturated carbocycles. The molecule has 4 rings (SSSR count). The Balaban J connectivity index is 1.69. The Morgan fingerprint density at radius 3 is 1.44 bits per heavy atom. The van der Waals surface area contributed by atoms with E-state index in [1.165, 1.54) is 6.07 Å². The summed E-state index contributed by atoms with van der Waals surface area (Å²) in [6.45, 7) is 2.65. The Hall–Kier alpha value is -4.80. The molecule has 0 bridgehead atoms. The molecule has 10 nitrogen and oxygen atoms in total. The molecule has 0 atom stereocenters. The third-order valence-electron chi connectivity index (χ3n) is 7.32. The number of aromatic hydroxyl groups is 4. The molecule has 4 aromatic rings. The number of benzene rings is 4. The first-order valence-electron chi connectivity index (χ1n) is 14.3. The average Bonchev–Trinajstić information content (AvgIpc) is 2.98. The predicted octanol–water partition coefficient (Wildman–Crippen LogP) is 5.61. The Kier molecular flexibility index (Phi) is 11.2. The molecule has 4 aromatic carbocycles. The van der Waals surface area contributed by atoms with Crippen LogP contribution in [0.2, 0.25) is 0 Å². The van der Waals surface area contributed by atoms with E-state index < -0.39 is 0 Å². The summed E-state index contributed by atoms with van der Waals surface area (Å²) in [6, 6.07) is 14.5. The molecular weight excluding hydrogens is 580 g/mol. The van der Waals surface area contributed by atoms with Gasteiger partial charge in [0, 0.05) is 59.8 Å². The van der Waals surface area contributed by atoms with E-state index in [4.69, 9.17) is 28.4 Å². The zero-order valence-electron chi connectivity index (χ0n) is 26.2. The third kappa shape index (κ3) is 8.23. The first kappa shape index (κ1) is 33.1. The van der Waals surface area contributed by atoms with Crippen LogP contribution in [0, 0.1) is 6.92 Å². The second-order valence-corrected chi connectivity index (χ2v) is 10.5. The van der Waals surface area contributed by atoms with Crippen molar-refractivity contribution in [2.24, 2.45) is 0 Å². The summed E-state index contributed by atoms with van der Waals surface area (Å²) in [4.78, 5) is 0. The Morgan fingerprint density at radius 1 is 0.511 bits per heavy atom. The van der Waals surface area contributed by atoms with Crippen LogP contribution in [0.1, 0.15) is 38.9 Å². The minimum atomic E-state index is -0.00275. The van der Waals surface area contributed by atoms with Crippen LogP contribution in [0.3, 0.4) is 0 Å². The minimum absolute atomic E-state index is 0.00275. The van der Waals surface area contributed by atoms with E-state index in [2.05, 4.69) is 0 Å². The molecule has 0 aliphatic carbocycles. The summed E-state index contributed by atoms with van der Waals surface area (Å²) in [6.07, 6.45) is 0.842. The maximum Gasteiger partial charge on any atom is 0.189 e. The molecule has 0 aromatic heterocycles. The minimum Gasteiger partial charge on any atom is -0.508 e. The zero-order chi connectivity index (χ0) is 32.5. The molecule has 0 unspecified atom stereocenters. The molecule has 240 valence electrons. The summed E-state index contributed by atoms with van der Waals surface area (Å²) in [5.74, 6) is 2.43. The molecule has 0 aliphatic heterocycles. The molecule has 0 spiro atoms. The Labute approximate surface area is 262 Å². The van der Waals surface area contributed by atoms with Gasteiger partial charge in [0.25, 0.3) is 0 Å². The van der Waals surface area contributed by atoms with Crippen LogP contribution in [0.15, 0.2) is 54.6 Å². The lowest BCUT2D eigenvalue weighted by molar-refractivity contribution is -0.00885. The molecule has 0 fully saturated rings. The van der Waals surface area contributed by atoms with Gasteiger partial charge in [0.15, 0.2) is 6.79 Å². The van der Waals surface area contributed by atoms with Crippen LogP contribution in [0.4, 0.5) is 0 Å². The van der Waals surface area contributed by atoms with E-state index in [0.29, 0.717) is 70.4 Å². The van der Waals surface area contributed by atoms with Gasteiger partial charge in [0.1, 0.15) is 46.0 Å². The van der Waals surface area contributed by atoms with Crippen LogP contribution >= 0.6 is 0 Å². The SMILES string of the molecule is COCCOCOc1ccc(O)cc1Cc1cc(O)cc(Cc2cc(O)cc(Cc3cc(O)cc(C)c3OC)c2OC)c1OC. The molecule has 0 amide bonds. The number of aryl methyl sites for hydroxylation is 1. The van der Waals surface area contributed by atoms with Gasteiger partial charge in [-0.15, -0.1) is 0 Å². The number of hydrogen-bond donors (Lipinski definition) is 4. The predicted molar refractivity (Wildman–Crippen MR) is 169 cm³/mol. The molecular formula is C35H40O10. The smallest absolute Gasteiger partial charge is 0.189 e. The number of methoxy groups -OCH3 is 4. The highest BCUT2D eigenvalue weighted by Crippen LogP contribution is 2.39. The number of ether oxygens (including phenoxy) is 6. The Morgan fingerprint density at radius 2 is 0.956 bits per heavy atom. The number of hydrogen-bond acceptors (Lipinski definition) is 10. The van der Waals surface area contributed by atoms with Crippen LogP contribution in [-0.4, -0.2) is 68.9 Å². The Bertz CT molecular complexity index is 1620. The lowest BCUT2D eigenvalue weighted by Crippen LogP contribution is -2.09. The second-order valence-electron chi connectivity index (χ2n) is 10.5. The monoisotopic (exact) mass is 620 g/mol. The van der Waals surface area contributed by atoms with Crippen molar-refractivity contribution >= 4 is 0 Å². The van der Waals surface area contributed by atoms with E-state index in [0.717, 1.165) is 11.1 Å². The van der Waals surface area contributed by atoms with Gasteiger partial charge in [0.2, 0.25) is 0 Å². The fourth-order valence-corrected chi connectivity index (χ4v) is 5.54. The van der Waals surface area contributed by atoms with Gasteiger partial charge in [-0.1, -0.05) is 0 Å². The van der Waals surface area contributed by atoms with Crippen LogP contribution in [0.25, 0.3) is 0 Å². The highest BCUT2D eigenvalue weighted by Gasteiger charge is 2.20. The topological polar surface area (TPSA) is 136 Å². The van der Waals surface area contributed by atoms with Crippen molar-refractivity contribution in [1.29, 1.82) is 0 Å². The van der Waals surface area contributed by atoms with E-state index >= 15 is 0 Å². The van der Waals surface area contributed by atoms with Gasteiger partial charge in [-0.3, -0.25) is 0 Å². The van der Waals surface area contributed by atoms with Crippen LogP contribution < -0.4 is 18.9 Å². The molecule has 45 heavy (non-hydrogen) atoms. The van der Waals surface area contributed by atoms with Crippen molar-refractivity contribution in [2.45, 2.75) is 26.2 Å². The molecule has 4 N–H and O–H groups in total. The fourth-order valence-electron chi connectivity index (χ4n) is 5.54. The zero-order valence-corrected chi connectivity index (χ0v) is 26.2. The number of phenolic OH excluding ortho intramolecular Hbond substituents is 4. The molecule has 0 saturated heterocycles. The van der Waals surface area contributed by atoms with Crippen LogP contribution in [-0.2, 0) is 28.7 Å². The number of phenols is 4. The first-order chi connectivity index (χ1) is 21.7. The second kappa shape index (κ2) is 15.3. The van der Waals surface area contributed by atoms with Gasteiger partial charge in [0.05, 0.1) is 34.5 Å². The molecule has 0 aliphatic rings. The highest BCUT2D eigenvalue weighted by molar-refractivity contribution is 5.57. The molecule has 0 heterocycles. The molecule has 0 radical (unpaired) electrons. The van der Waals surface area contributed by atoms with Crippen molar-refractivity contribution in [3.8, 4) is 46.0 Å². The quantitative estimate of drug-likeness (QED) is 0.0980. The van der Waals surface area contributed by atoms with Gasteiger partial charge in [-0.05, 0) is 67.1 Å². The van der Waals surface area contributed by atoms with Gasteiger partial charge >= 0.3 is 0 Å². The highest BCUT2D eigenvalue weighted by atomic mass is 16.7. The van der Waals surface area contributed by atoms with Crippen molar-refractivity contribution in [3.63, 3.8) is 0 Å². The largest absolute Gasteiger partial charge is 0.508 e. The van der Waals surface area contributed by atoms with Crippen molar-refractivity contribution in [2.75, 3.05) is 48.4 Å². The van der Waals surface area contributed by atoms with E-state index in [9.17, 15) is 20.4 Å². The lowest BCUT2D eigenvalue weighted by atomic mass is 9.93. The fraction of sp³-hybridized carbons (Fsp3) is 0.314. The van der Waals surface area contributed by atoms with Crippen molar-refractivity contribution in [3.05, 3.63) is 93.5 Å². The normalized spacial score (nSPS) is 11.0. The van der Waals surface area contributed by atoms with Gasteiger partial charge in [-0.2, -0.15) is 0 Å². The first-order valence-corrected chi connectivity index (χ1v) is 14.3. The van der Waals surface area contributed by atoms with E-state index in [1.54, 1.807) is 77.0 Å². The summed E-state index contributed by atoms with van der Waals surface area (Å²) in [5.41, 5.74) is 4.82. The summed E-state index contributed by atoms with van der Waals surface area (Å²) in [5, 5.41) is 42.0. The average molecular weight is 621 g/mol. The van der Waals surface area contributed by atoms with E-state index in [1.807, 2.05) is 6.92 Å². The third-order valence-corrected chi connectivity index (χ3v) is 7.32. The summed E-state index contributed by atoms with van der Waals surface area (Å²) >= 11 is 0. The lowest BCUT2D eigenvalue weighted by Gasteiger charge is -2.19. The van der Waals surface area contributed by atoms with Crippen molar-refractivity contribution in [1.82, 2.24) is 0 Å².